The lowest BCUT2D eigenvalue weighted by molar-refractivity contribution is -0.113. The number of carbonyl (C=O) groups is 1. The number of fused-ring (bicyclic) bond motifs is 1. The van der Waals surface area contributed by atoms with Crippen LogP contribution in [0, 0.1) is 0 Å². The number of hydrogen-bond acceptors (Lipinski definition) is 7. The van der Waals surface area contributed by atoms with Crippen molar-refractivity contribution in [3.8, 4) is 22.9 Å². The number of rotatable bonds is 7. The zero-order valence-corrected chi connectivity index (χ0v) is 20.2. The van der Waals surface area contributed by atoms with E-state index in [0.717, 1.165) is 11.1 Å². The third-order valence-corrected chi connectivity index (χ3v) is 5.87. The Hall–Kier alpha value is -4.66. The number of amides is 1. The van der Waals surface area contributed by atoms with Gasteiger partial charge in [-0.2, -0.15) is 4.98 Å². The van der Waals surface area contributed by atoms with Crippen molar-refractivity contribution >= 4 is 17.5 Å². The molecule has 2 aromatic heterocycles. The maximum Gasteiger partial charge on any atom is 0.255 e. The molecule has 182 valence electrons. The maximum atomic E-state index is 13.6. The summed E-state index contributed by atoms with van der Waals surface area (Å²) in [7, 11) is 1.59. The summed E-state index contributed by atoms with van der Waals surface area (Å²) in [4.78, 5) is 22.4. The van der Waals surface area contributed by atoms with E-state index in [2.05, 4.69) is 15.6 Å². The summed E-state index contributed by atoms with van der Waals surface area (Å²) in [5.41, 5.74) is 3.53. The number of para-hydroxylation sites is 1. The average Bonchev–Trinajstić information content (AvgIpc) is 3.33. The van der Waals surface area contributed by atoms with Gasteiger partial charge in [0.1, 0.15) is 6.04 Å². The first-order valence-electron chi connectivity index (χ1n) is 11.6. The van der Waals surface area contributed by atoms with Crippen LogP contribution in [0.25, 0.3) is 11.4 Å². The normalized spacial score (nSPS) is 14.6. The van der Waals surface area contributed by atoms with Crippen molar-refractivity contribution in [3.63, 3.8) is 0 Å². The van der Waals surface area contributed by atoms with Crippen LogP contribution in [-0.4, -0.2) is 39.4 Å². The molecular formula is C27H26N6O3. The lowest BCUT2D eigenvalue weighted by Crippen LogP contribution is -2.31. The fourth-order valence-corrected chi connectivity index (χ4v) is 4.23. The Morgan fingerprint density at radius 1 is 1.08 bits per heavy atom. The van der Waals surface area contributed by atoms with Gasteiger partial charge < -0.3 is 20.1 Å². The molecular weight excluding hydrogens is 456 g/mol. The van der Waals surface area contributed by atoms with E-state index in [1.807, 2.05) is 74.5 Å². The number of pyridine rings is 1. The van der Waals surface area contributed by atoms with E-state index in [0.29, 0.717) is 46.8 Å². The lowest BCUT2D eigenvalue weighted by Gasteiger charge is -2.29. The third kappa shape index (κ3) is 4.38. The van der Waals surface area contributed by atoms with Crippen molar-refractivity contribution in [3.05, 3.63) is 89.9 Å². The molecule has 5 rings (SSSR count). The maximum absolute atomic E-state index is 13.6. The molecule has 0 aliphatic carbocycles. The van der Waals surface area contributed by atoms with Gasteiger partial charge in [-0.1, -0.05) is 24.3 Å². The molecule has 0 spiro atoms. The third-order valence-electron chi connectivity index (χ3n) is 5.87. The predicted molar refractivity (Wildman–Crippen MR) is 137 cm³/mol. The number of nitrogens with one attached hydrogen (secondary N) is 2. The molecule has 1 amide bonds. The Morgan fingerprint density at radius 3 is 2.58 bits per heavy atom. The molecule has 1 atom stereocenters. The number of allylic oxidation sites excluding steroid dienone is 1. The number of carbonyl (C=O) groups excluding carboxylic acids is 1. The Kier molecular flexibility index (Phi) is 6.36. The number of benzene rings is 2. The molecule has 1 aliphatic rings. The molecule has 0 fully saturated rings. The second-order valence-corrected chi connectivity index (χ2v) is 8.17. The standard InChI is InChI=1S/C27H26N6O3/c1-4-36-21-11-10-19(16-22(21)35-3)24-23(26(34)30-20-8-6-5-7-9-20)17(2)29-27-31-25(32-33(24)27)18-12-14-28-15-13-18/h5-16,24H,4H2,1-3H3,(H,30,34)(H,29,31,32). The minimum absolute atomic E-state index is 0.240. The zero-order chi connectivity index (χ0) is 25.1. The molecule has 0 radical (unpaired) electrons. The largest absolute Gasteiger partial charge is 0.493 e. The molecule has 2 N–H and O–H groups in total. The van der Waals surface area contributed by atoms with Crippen molar-refractivity contribution in [1.82, 2.24) is 19.7 Å². The highest BCUT2D eigenvalue weighted by molar-refractivity contribution is 6.06. The van der Waals surface area contributed by atoms with E-state index in [1.165, 1.54) is 0 Å². The number of hydrogen-bond donors (Lipinski definition) is 2. The van der Waals surface area contributed by atoms with Crippen LogP contribution in [0.5, 0.6) is 11.5 Å². The summed E-state index contributed by atoms with van der Waals surface area (Å²) < 4.78 is 13.0. The summed E-state index contributed by atoms with van der Waals surface area (Å²) in [5, 5.41) is 11.1. The van der Waals surface area contributed by atoms with Crippen molar-refractivity contribution in [2.75, 3.05) is 24.4 Å². The number of ether oxygens (including phenoxy) is 2. The topological polar surface area (TPSA) is 103 Å². The monoisotopic (exact) mass is 482 g/mol. The molecule has 9 heteroatoms. The minimum Gasteiger partial charge on any atom is -0.493 e. The molecule has 4 aromatic rings. The van der Waals surface area contributed by atoms with Gasteiger partial charge in [-0.15, -0.1) is 5.10 Å². The smallest absolute Gasteiger partial charge is 0.255 e. The summed E-state index contributed by atoms with van der Waals surface area (Å²) in [6, 6.07) is 18.1. The Labute approximate surface area is 208 Å². The SMILES string of the molecule is CCOc1ccc(C2C(C(=O)Nc3ccccc3)=C(C)Nc3nc(-c4ccncc4)nn32)cc1OC. The summed E-state index contributed by atoms with van der Waals surface area (Å²) >= 11 is 0. The van der Waals surface area contributed by atoms with E-state index in [-0.39, 0.29) is 5.91 Å². The molecule has 1 unspecified atom stereocenters. The van der Waals surface area contributed by atoms with Gasteiger partial charge in [0, 0.05) is 29.3 Å². The highest BCUT2D eigenvalue weighted by atomic mass is 16.5. The fourth-order valence-electron chi connectivity index (χ4n) is 4.23. The quantitative estimate of drug-likeness (QED) is 0.394. The minimum atomic E-state index is -0.558. The van der Waals surface area contributed by atoms with Gasteiger partial charge in [-0.3, -0.25) is 9.78 Å². The second-order valence-electron chi connectivity index (χ2n) is 8.17. The number of nitrogens with zero attached hydrogens (tertiary/aromatic N) is 4. The van der Waals surface area contributed by atoms with Crippen molar-refractivity contribution in [2.24, 2.45) is 0 Å². The number of methoxy groups -OCH3 is 1. The van der Waals surface area contributed by atoms with Crippen LogP contribution in [0.4, 0.5) is 11.6 Å². The van der Waals surface area contributed by atoms with E-state index in [4.69, 9.17) is 19.6 Å². The van der Waals surface area contributed by atoms with Gasteiger partial charge in [0.15, 0.2) is 17.3 Å². The van der Waals surface area contributed by atoms with E-state index in [9.17, 15) is 4.79 Å². The van der Waals surface area contributed by atoms with E-state index in [1.54, 1.807) is 24.2 Å². The molecule has 9 nitrogen and oxygen atoms in total. The van der Waals surface area contributed by atoms with Gasteiger partial charge in [0.05, 0.1) is 19.3 Å². The first-order valence-corrected chi connectivity index (χ1v) is 11.6. The Balaban J connectivity index is 1.63. The van der Waals surface area contributed by atoms with Crippen LogP contribution in [-0.2, 0) is 4.79 Å². The molecule has 2 aromatic carbocycles. The first-order chi connectivity index (χ1) is 17.6. The van der Waals surface area contributed by atoms with Crippen LogP contribution in [0.3, 0.4) is 0 Å². The van der Waals surface area contributed by atoms with Gasteiger partial charge in [0.2, 0.25) is 5.95 Å². The van der Waals surface area contributed by atoms with Crippen LogP contribution >= 0.6 is 0 Å². The first kappa shape index (κ1) is 23.1. The molecule has 36 heavy (non-hydrogen) atoms. The van der Waals surface area contributed by atoms with Crippen molar-refractivity contribution in [2.45, 2.75) is 19.9 Å². The number of anilines is 2. The van der Waals surface area contributed by atoms with E-state index < -0.39 is 6.04 Å². The summed E-state index contributed by atoms with van der Waals surface area (Å²) in [6.45, 7) is 4.29. The lowest BCUT2D eigenvalue weighted by atomic mass is 9.94. The summed E-state index contributed by atoms with van der Waals surface area (Å²) in [6.07, 6.45) is 3.39. The van der Waals surface area contributed by atoms with Gasteiger partial charge in [-0.25, -0.2) is 4.68 Å². The second kappa shape index (κ2) is 9.91. The van der Waals surface area contributed by atoms with Gasteiger partial charge >= 0.3 is 0 Å². The van der Waals surface area contributed by atoms with Crippen LogP contribution < -0.4 is 20.1 Å². The molecule has 1 aliphatic heterocycles. The number of aromatic nitrogens is 4. The summed E-state index contributed by atoms with van der Waals surface area (Å²) in [5.74, 6) is 2.03. The molecule has 0 saturated heterocycles. The van der Waals surface area contributed by atoms with Crippen LogP contribution in [0.1, 0.15) is 25.5 Å². The molecule has 0 bridgehead atoms. The molecule has 0 saturated carbocycles. The van der Waals surface area contributed by atoms with E-state index >= 15 is 0 Å². The Bertz CT molecular complexity index is 1420. The highest BCUT2D eigenvalue weighted by Crippen LogP contribution is 2.39. The van der Waals surface area contributed by atoms with Crippen LogP contribution in [0.15, 0.2) is 84.3 Å². The van der Waals surface area contributed by atoms with Crippen LogP contribution in [0.2, 0.25) is 0 Å². The fraction of sp³-hybridized carbons (Fsp3) is 0.185. The van der Waals surface area contributed by atoms with Gasteiger partial charge in [-0.05, 0) is 55.8 Å². The average molecular weight is 483 g/mol. The van der Waals surface area contributed by atoms with Crippen molar-refractivity contribution in [1.29, 1.82) is 0 Å². The Morgan fingerprint density at radius 2 is 1.86 bits per heavy atom. The highest BCUT2D eigenvalue weighted by Gasteiger charge is 2.35. The predicted octanol–water partition coefficient (Wildman–Crippen LogP) is 4.68. The molecule has 3 heterocycles. The van der Waals surface area contributed by atoms with Gasteiger partial charge in [0.25, 0.3) is 5.91 Å². The van der Waals surface area contributed by atoms with Crippen molar-refractivity contribution < 1.29 is 14.3 Å². The zero-order valence-electron chi connectivity index (χ0n) is 20.2.